The Morgan fingerprint density at radius 2 is 1.89 bits per heavy atom. The Bertz CT molecular complexity index is 428. The van der Waals surface area contributed by atoms with Gasteiger partial charge in [0.2, 0.25) is 0 Å². The number of hydrogen-bond acceptors (Lipinski definition) is 2. The highest BCUT2D eigenvalue weighted by atomic mass is 127. The van der Waals surface area contributed by atoms with Crippen molar-refractivity contribution in [3.63, 3.8) is 0 Å². The molecule has 1 aromatic carbocycles. The van der Waals surface area contributed by atoms with Crippen molar-refractivity contribution < 1.29 is 4.39 Å². The lowest BCUT2D eigenvalue weighted by Gasteiger charge is -2.36. The number of benzene rings is 1. The van der Waals surface area contributed by atoms with Crippen LogP contribution in [-0.2, 0) is 0 Å². The lowest BCUT2D eigenvalue weighted by molar-refractivity contribution is 0.254. The third-order valence-corrected chi connectivity index (χ3v) is 4.61. The van der Waals surface area contributed by atoms with Crippen molar-refractivity contribution in [2.45, 2.75) is 26.7 Å². The summed E-state index contributed by atoms with van der Waals surface area (Å²) in [7, 11) is 0. The fraction of sp³-hybridized carbons (Fsp3) is 0.600. The molecular weight excluding hydrogens is 354 g/mol. The van der Waals surface area contributed by atoms with Crippen molar-refractivity contribution in [2.75, 3.05) is 37.6 Å². The Morgan fingerprint density at radius 1 is 1.21 bits per heavy atom. The number of piperazine rings is 1. The molecule has 2 nitrogen and oxygen atoms in total. The quantitative estimate of drug-likeness (QED) is 0.741. The first kappa shape index (κ1) is 15.0. The third kappa shape index (κ3) is 3.81. The molecule has 1 aliphatic heterocycles. The van der Waals surface area contributed by atoms with Crippen molar-refractivity contribution in [1.29, 1.82) is 0 Å². The minimum absolute atomic E-state index is 0.102. The average Bonchev–Trinajstić information content (AvgIpc) is 2.41. The molecular formula is C15H22FIN2. The first-order valence-electron chi connectivity index (χ1n) is 7.04. The van der Waals surface area contributed by atoms with Gasteiger partial charge in [0.1, 0.15) is 5.82 Å². The standard InChI is InChI=1S/C15H22FIN2/c1-3-4-5-18-6-8-19(9-7-18)15-11-13(16)14(17)10-12(15)2/h10-11H,3-9H2,1-2H3. The van der Waals surface area contributed by atoms with Crippen LogP contribution in [0.25, 0.3) is 0 Å². The van der Waals surface area contributed by atoms with Crippen molar-refractivity contribution in [3.8, 4) is 0 Å². The van der Waals surface area contributed by atoms with Gasteiger partial charge in [0.15, 0.2) is 0 Å². The number of hydrogen-bond donors (Lipinski definition) is 0. The van der Waals surface area contributed by atoms with Crippen LogP contribution in [0, 0.1) is 16.3 Å². The van der Waals surface area contributed by atoms with Gasteiger partial charge in [-0.05, 0) is 60.2 Å². The van der Waals surface area contributed by atoms with Crippen molar-refractivity contribution in [1.82, 2.24) is 4.90 Å². The van der Waals surface area contributed by atoms with Crippen LogP contribution in [0.2, 0.25) is 0 Å². The molecule has 0 radical (unpaired) electrons. The van der Waals surface area contributed by atoms with Crippen LogP contribution in [0.4, 0.5) is 10.1 Å². The number of nitrogens with zero attached hydrogens (tertiary/aromatic N) is 2. The zero-order valence-electron chi connectivity index (χ0n) is 11.8. The molecule has 4 heteroatoms. The molecule has 106 valence electrons. The molecule has 0 unspecified atom stereocenters. The predicted octanol–water partition coefficient (Wildman–Crippen LogP) is 3.66. The molecule has 2 rings (SSSR count). The van der Waals surface area contributed by atoms with E-state index in [4.69, 9.17) is 0 Å². The number of anilines is 1. The minimum Gasteiger partial charge on any atom is -0.369 e. The van der Waals surface area contributed by atoms with Crippen LogP contribution in [-0.4, -0.2) is 37.6 Å². The number of halogens is 2. The van der Waals surface area contributed by atoms with Crippen LogP contribution in [0.5, 0.6) is 0 Å². The Morgan fingerprint density at radius 3 is 2.53 bits per heavy atom. The van der Waals surface area contributed by atoms with Gasteiger partial charge in [-0.15, -0.1) is 0 Å². The predicted molar refractivity (Wildman–Crippen MR) is 87.4 cm³/mol. The molecule has 19 heavy (non-hydrogen) atoms. The molecule has 1 heterocycles. The van der Waals surface area contributed by atoms with Gasteiger partial charge in [0, 0.05) is 35.4 Å². The molecule has 0 atom stereocenters. The average molecular weight is 376 g/mol. The topological polar surface area (TPSA) is 6.48 Å². The first-order chi connectivity index (χ1) is 9.11. The normalized spacial score (nSPS) is 16.9. The van der Waals surface area contributed by atoms with Gasteiger partial charge >= 0.3 is 0 Å². The van der Waals surface area contributed by atoms with Crippen LogP contribution in [0.1, 0.15) is 25.3 Å². The van der Waals surface area contributed by atoms with E-state index in [0.29, 0.717) is 3.57 Å². The number of rotatable bonds is 4. The number of aryl methyl sites for hydroxylation is 1. The smallest absolute Gasteiger partial charge is 0.138 e. The zero-order chi connectivity index (χ0) is 13.8. The van der Waals surface area contributed by atoms with Crippen LogP contribution < -0.4 is 4.90 Å². The molecule has 1 aromatic rings. The fourth-order valence-corrected chi connectivity index (χ4v) is 3.19. The van der Waals surface area contributed by atoms with E-state index in [1.54, 1.807) is 6.07 Å². The maximum atomic E-state index is 13.7. The van der Waals surface area contributed by atoms with Gasteiger partial charge in [-0.25, -0.2) is 4.39 Å². The second-order valence-electron chi connectivity index (χ2n) is 5.24. The summed E-state index contributed by atoms with van der Waals surface area (Å²) in [6.45, 7) is 9.69. The maximum absolute atomic E-state index is 13.7. The highest BCUT2D eigenvalue weighted by Crippen LogP contribution is 2.25. The molecule has 0 spiro atoms. The molecule has 1 fully saturated rings. The summed E-state index contributed by atoms with van der Waals surface area (Å²) in [6, 6.07) is 3.63. The summed E-state index contributed by atoms with van der Waals surface area (Å²) in [5, 5.41) is 0. The van der Waals surface area contributed by atoms with E-state index in [1.165, 1.54) is 24.9 Å². The summed E-state index contributed by atoms with van der Waals surface area (Å²) in [4.78, 5) is 4.83. The van der Waals surface area contributed by atoms with Crippen molar-refractivity contribution in [2.24, 2.45) is 0 Å². The Kier molecular flexibility index (Phi) is 5.45. The van der Waals surface area contributed by atoms with Gasteiger partial charge < -0.3 is 4.90 Å². The second kappa shape index (κ2) is 6.88. The zero-order valence-corrected chi connectivity index (χ0v) is 13.9. The summed E-state index contributed by atoms with van der Waals surface area (Å²) in [5.41, 5.74) is 2.24. The van der Waals surface area contributed by atoms with E-state index in [-0.39, 0.29) is 5.82 Å². The third-order valence-electron chi connectivity index (χ3n) is 3.78. The van der Waals surface area contributed by atoms with Gasteiger partial charge in [0.05, 0.1) is 0 Å². The fourth-order valence-electron chi connectivity index (χ4n) is 2.57. The molecule has 0 amide bonds. The molecule has 0 N–H and O–H groups in total. The van der Waals surface area contributed by atoms with E-state index >= 15 is 0 Å². The minimum atomic E-state index is -0.102. The molecule has 0 saturated carbocycles. The van der Waals surface area contributed by atoms with Gasteiger partial charge in [0.25, 0.3) is 0 Å². The van der Waals surface area contributed by atoms with E-state index in [2.05, 4.69) is 46.2 Å². The molecule has 1 aliphatic rings. The van der Waals surface area contributed by atoms with Gasteiger partial charge in [-0.1, -0.05) is 13.3 Å². The van der Waals surface area contributed by atoms with Gasteiger partial charge in [-0.3, -0.25) is 4.90 Å². The SMILES string of the molecule is CCCCN1CCN(c2cc(F)c(I)cc2C)CC1. The second-order valence-corrected chi connectivity index (χ2v) is 6.40. The first-order valence-corrected chi connectivity index (χ1v) is 8.12. The Labute approximate surface area is 129 Å². The summed E-state index contributed by atoms with van der Waals surface area (Å²) in [6.07, 6.45) is 2.53. The van der Waals surface area contributed by atoms with E-state index < -0.39 is 0 Å². The lowest BCUT2D eigenvalue weighted by atomic mass is 10.1. The van der Waals surface area contributed by atoms with E-state index in [0.717, 1.165) is 31.9 Å². The maximum Gasteiger partial charge on any atom is 0.138 e. The highest BCUT2D eigenvalue weighted by molar-refractivity contribution is 14.1. The summed E-state index contributed by atoms with van der Waals surface area (Å²) < 4.78 is 14.4. The summed E-state index contributed by atoms with van der Waals surface area (Å²) >= 11 is 2.05. The molecule has 0 aliphatic carbocycles. The van der Waals surface area contributed by atoms with Crippen LogP contribution in [0.3, 0.4) is 0 Å². The monoisotopic (exact) mass is 376 g/mol. The van der Waals surface area contributed by atoms with Gasteiger partial charge in [-0.2, -0.15) is 0 Å². The van der Waals surface area contributed by atoms with Crippen molar-refractivity contribution >= 4 is 28.3 Å². The highest BCUT2D eigenvalue weighted by Gasteiger charge is 2.19. The molecule has 1 saturated heterocycles. The number of unbranched alkanes of at least 4 members (excludes halogenated alkanes) is 1. The largest absolute Gasteiger partial charge is 0.369 e. The molecule has 0 bridgehead atoms. The summed E-state index contributed by atoms with van der Waals surface area (Å²) in [5.74, 6) is -0.102. The van der Waals surface area contributed by atoms with E-state index in [1.807, 2.05) is 6.07 Å². The lowest BCUT2D eigenvalue weighted by Crippen LogP contribution is -2.46. The Balaban J connectivity index is 1.99. The Hall–Kier alpha value is -0.360. The van der Waals surface area contributed by atoms with E-state index in [9.17, 15) is 4.39 Å². The van der Waals surface area contributed by atoms with Crippen LogP contribution in [0.15, 0.2) is 12.1 Å². The van der Waals surface area contributed by atoms with Crippen LogP contribution >= 0.6 is 22.6 Å². The van der Waals surface area contributed by atoms with Crippen molar-refractivity contribution in [3.05, 3.63) is 27.1 Å². The molecule has 0 aromatic heterocycles.